The van der Waals surface area contributed by atoms with Gasteiger partial charge in [-0.2, -0.15) is 8.42 Å². The van der Waals surface area contributed by atoms with E-state index in [2.05, 4.69) is 13.8 Å². The van der Waals surface area contributed by atoms with Crippen molar-refractivity contribution in [3.63, 3.8) is 0 Å². The molecule has 2 rings (SSSR count). The number of nitrogens with zero attached hydrogens (tertiary/aromatic N) is 2. The largest absolute Gasteiger partial charge is 0.464 e. The van der Waals surface area contributed by atoms with Gasteiger partial charge in [-0.3, -0.25) is 33.9 Å². The molecule has 2 aromatic rings. The number of hydroxylamine groups is 2. The molecule has 60 heavy (non-hydrogen) atoms. The Bertz CT molecular complexity index is 1430. The fourth-order valence-corrected chi connectivity index (χ4v) is 7.70. The molecule has 11 nitrogen and oxygen atoms in total. The van der Waals surface area contributed by atoms with Gasteiger partial charge in [-0.1, -0.05) is 192 Å². The van der Waals surface area contributed by atoms with Gasteiger partial charge in [0.05, 0.1) is 44.1 Å². The summed E-state index contributed by atoms with van der Waals surface area (Å²) in [6.45, 7) is 5.42. The summed E-state index contributed by atoms with van der Waals surface area (Å²) in [5.74, 6) is -2.19. The van der Waals surface area contributed by atoms with Crippen LogP contribution in [-0.2, 0) is 38.9 Å². The van der Waals surface area contributed by atoms with E-state index in [1.165, 1.54) is 116 Å². The number of esters is 2. The molecule has 0 radical (unpaired) electrons. The van der Waals surface area contributed by atoms with Crippen LogP contribution < -0.4 is 10.1 Å². The van der Waals surface area contributed by atoms with E-state index in [0.29, 0.717) is 13.2 Å². The van der Waals surface area contributed by atoms with Gasteiger partial charge >= 0.3 is 11.9 Å². The molecular formula is C48H80N2O9S. The smallest absolute Gasteiger partial charge is 0.327 e. The van der Waals surface area contributed by atoms with Gasteiger partial charge in [0.1, 0.15) is 13.2 Å². The SMILES string of the molecule is CCCCCCCCCCCCCCON(CCOC(=O)CC(C(=O)OCCN(OCCCCCCCCCCCCCC)c1ccccc1)S(=O)(=O)O)c1ccccc1. The average molecular weight is 861 g/mol. The van der Waals surface area contributed by atoms with Crippen molar-refractivity contribution in [3.05, 3.63) is 60.7 Å². The molecule has 342 valence electrons. The van der Waals surface area contributed by atoms with Gasteiger partial charge in [0.25, 0.3) is 10.1 Å². The van der Waals surface area contributed by atoms with Crippen molar-refractivity contribution >= 4 is 33.4 Å². The quantitative estimate of drug-likeness (QED) is 0.0297. The Hall–Kier alpha value is -3.19. The molecule has 1 N–H and O–H groups in total. The van der Waals surface area contributed by atoms with Gasteiger partial charge in [0.15, 0.2) is 5.25 Å². The summed E-state index contributed by atoms with van der Waals surface area (Å²) in [6.07, 6.45) is 28.9. The Kier molecular flexibility index (Phi) is 31.2. The number of para-hydroxylation sites is 2. The molecule has 0 aromatic heterocycles. The topological polar surface area (TPSA) is 132 Å². The minimum atomic E-state index is -4.97. The number of ether oxygens (including phenoxy) is 2. The van der Waals surface area contributed by atoms with Crippen LogP contribution in [0.2, 0.25) is 0 Å². The maximum atomic E-state index is 12.9. The highest BCUT2D eigenvalue weighted by molar-refractivity contribution is 7.87. The van der Waals surface area contributed by atoms with Crippen LogP contribution in [0.5, 0.6) is 0 Å². The number of unbranched alkanes of at least 4 members (excludes halogenated alkanes) is 22. The van der Waals surface area contributed by atoms with E-state index in [1.54, 1.807) is 10.1 Å². The zero-order valence-corrected chi connectivity index (χ0v) is 38.1. The maximum Gasteiger partial charge on any atom is 0.327 e. The molecule has 1 unspecified atom stereocenters. The Morgan fingerprint density at radius 3 is 1.18 bits per heavy atom. The molecule has 0 aliphatic heterocycles. The Morgan fingerprint density at radius 2 is 0.833 bits per heavy atom. The van der Waals surface area contributed by atoms with E-state index < -0.39 is 33.7 Å². The monoisotopic (exact) mass is 861 g/mol. The van der Waals surface area contributed by atoms with Crippen LogP contribution in [0.4, 0.5) is 11.4 Å². The van der Waals surface area contributed by atoms with Crippen molar-refractivity contribution in [2.45, 2.75) is 180 Å². The lowest BCUT2D eigenvalue weighted by atomic mass is 10.1. The molecule has 0 spiro atoms. The zero-order valence-electron chi connectivity index (χ0n) is 37.3. The van der Waals surface area contributed by atoms with E-state index in [4.69, 9.17) is 19.1 Å². The number of hydrogen-bond acceptors (Lipinski definition) is 10. The molecule has 1 atom stereocenters. The third-order valence-corrected chi connectivity index (χ3v) is 11.7. The van der Waals surface area contributed by atoms with Crippen molar-refractivity contribution in [1.29, 1.82) is 0 Å². The minimum absolute atomic E-state index is 0.116. The first-order valence-electron chi connectivity index (χ1n) is 23.5. The molecular weight excluding hydrogens is 781 g/mol. The lowest BCUT2D eigenvalue weighted by Gasteiger charge is -2.24. The fourth-order valence-electron chi connectivity index (χ4n) is 7.05. The number of carbonyl (C=O) groups excluding carboxylic acids is 2. The average Bonchev–Trinajstić information content (AvgIpc) is 3.24. The van der Waals surface area contributed by atoms with Crippen LogP contribution >= 0.6 is 0 Å². The first-order chi connectivity index (χ1) is 29.3. The first-order valence-corrected chi connectivity index (χ1v) is 25.0. The Labute approximate surface area is 363 Å². The molecule has 0 aliphatic rings. The third kappa shape index (κ3) is 26.9. The number of anilines is 2. The highest BCUT2D eigenvalue weighted by Crippen LogP contribution is 2.18. The second-order valence-corrected chi connectivity index (χ2v) is 17.5. The zero-order chi connectivity index (χ0) is 43.4. The molecule has 0 fully saturated rings. The van der Waals surface area contributed by atoms with E-state index >= 15 is 0 Å². The lowest BCUT2D eigenvalue weighted by Crippen LogP contribution is -2.37. The van der Waals surface area contributed by atoms with E-state index in [-0.39, 0.29) is 26.3 Å². The summed E-state index contributed by atoms with van der Waals surface area (Å²) in [4.78, 5) is 37.8. The number of rotatable bonds is 40. The molecule has 0 bridgehead atoms. The predicted molar refractivity (Wildman–Crippen MR) is 244 cm³/mol. The second-order valence-electron chi connectivity index (χ2n) is 15.9. The van der Waals surface area contributed by atoms with Gasteiger partial charge < -0.3 is 9.47 Å². The molecule has 0 heterocycles. The van der Waals surface area contributed by atoms with Gasteiger partial charge in [-0.25, -0.2) is 0 Å². The highest BCUT2D eigenvalue weighted by atomic mass is 32.2. The molecule has 0 saturated carbocycles. The Morgan fingerprint density at radius 1 is 0.500 bits per heavy atom. The predicted octanol–water partition coefficient (Wildman–Crippen LogP) is 12.0. The van der Waals surface area contributed by atoms with Crippen LogP contribution in [0.1, 0.15) is 174 Å². The highest BCUT2D eigenvalue weighted by Gasteiger charge is 2.36. The summed E-state index contributed by atoms with van der Waals surface area (Å²) in [6, 6.07) is 18.8. The molecule has 0 saturated heterocycles. The van der Waals surface area contributed by atoms with Crippen molar-refractivity contribution in [2.75, 3.05) is 49.6 Å². The van der Waals surface area contributed by atoms with Crippen molar-refractivity contribution in [2.24, 2.45) is 0 Å². The van der Waals surface area contributed by atoms with Crippen LogP contribution in [-0.4, -0.2) is 69.7 Å². The van der Waals surface area contributed by atoms with Crippen molar-refractivity contribution < 1.29 is 41.7 Å². The lowest BCUT2D eigenvalue weighted by molar-refractivity contribution is -0.150. The summed E-state index contributed by atoms with van der Waals surface area (Å²) in [5, 5.41) is 1.14. The summed E-state index contributed by atoms with van der Waals surface area (Å²) >= 11 is 0. The standard InChI is InChI=1S/C48H80N2O9S/c1-3-5-7-9-11-13-15-17-19-21-23-31-39-58-49(44-33-27-25-28-34-44)37-41-56-47(51)43-46(60(53,54)55)48(52)57-42-38-50(45-35-29-26-30-36-45)59-40-32-24-22-20-18-16-14-12-10-8-6-4-2/h25-30,33-36,46H,3-24,31-32,37-43H2,1-2H3,(H,53,54,55). The van der Waals surface area contributed by atoms with Gasteiger partial charge in [0, 0.05) is 0 Å². The molecule has 2 aromatic carbocycles. The normalized spacial score (nSPS) is 12.0. The number of hydrogen-bond donors (Lipinski definition) is 1. The molecule has 0 aliphatic carbocycles. The van der Waals surface area contributed by atoms with Crippen LogP contribution in [0.3, 0.4) is 0 Å². The van der Waals surface area contributed by atoms with Crippen molar-refractivity contribution in [3.8, 4) is 0 Å². The molecule has 12 heteroatoms. The second kappa shape index (κ2) is 35.4. The van der Waals surface area contributed by atoms with Crippen LogP contribution in [0.15, 0.2) is 60.7 Å². The van der Waals surface area contributed by atoms with Gasteiger partial charge in [-0.05, 0) is 37.1 Å². The van der Waals surface area contributed by atoms with Gasteiger partial charge in [0.2, 0.25) is 0 Å². The number of benzene rings is 2. The maximum absolute atomic E-state index is 12.9. The van der Waals surface area contributed by atoms with Gasteiger partial charge in [-0.15, -0.1) is 0 Å². The van der Waals surface area contributed by atoms with Crippen molar-refractivity contribution in [1.82, 2.24) is 0 Å². The van der Waals surface area contributed by atoms with E-state index in [9.17, 15) is 22.6 Å². The van der Waals surface area contributed by atoms with Crippen LogP contribution in [0.25, 0.3) is 0 Å². The first kappa shape index (κ1) is 52.9. The summed E-state index contributed by atoms with van der Waals surface area (Å²) in [7, 11) is -4.97. The minimum Gasteiger partial charge on any atom is -0.464 e. The molecule has 0 amide bonds. The summed E-state index contributed by atoms with van der Waals surface area (Å²) < 4.78 is 45.0. The van der Waals surface area contributed by atoms with E-state index in [0.717, 1.165) is 49.9 Å². The fraction of sp³-hybridized carbons (Fsp3) is 0.708. The van der Waals surface area contributed by atoms with E-state index in [1.807, 2.05) is 60.7 Å². The Balaban J connectivity index is 1.73. The number of carbonyl (C=O) groups is 2. The summed E-state index contributed by atoms with van der Waals surface area (Å²) in [5.41, 5.74) is 1.54. The van der Waals surface area contributed by atoms with Crippen LogP contribution in [0, 0.1) is 0 Å². The third-order valence-electron chi connectivity index (χ3n) is 10.6.